The zero-order valence-corrected chi connectivity index (χ0v) is 11.9. The van der Waals surface area contributed by atoms with Crippen LogP contribution in [0.3, 0.4) is 0 Å². The molecular weight excluding hydrogens is 246 g/mol. The van der Waals surface area contributed by atoms with Gasteiger partial charge in [0.2, 0.25) is 0 Å². The Kier molecular flexibility index (Phi) is 6.59. The Balaban J connectivity index is 2.16. The van der Waals surface area contributed by atoms with E-state index in [2.05, 4.69) is 5.32 Å². The van der Waals surface area contributed by atoms with Crippen LogP contribution >= 0.6 is 0 Å². The molecule has 0 atom stereocenters. The summed E-state index contributed by atoms with van der Waals surface area (Å²) in [6, 6.07) is 1.58. The van der Waals surface area contributed by atoms with Crippen molar-refractivity contribution in [2.24, 2.45) is 0 Å². The quantitative estimate of drug-likeness (QED) is 0.674. The van der Waals surface area contributed by atoms with Crippen LogP contribution in [0.5, 0.6) is 0 Å². The lowest BCUT2D eigenvalue weighted by molar-refractivity contribution is 0.0694. The number of unbranched alkanes of at least 4 members (excludes halogenated alkanes) is 1. The molecule has 0 unspecified atom stereocenters. The number of furan rings is 1. The molecule has 0 fully saturated rings. The van der Waals surface area contributed by atoms with Crippen molar-refractivity contribution in [3.8, 4) is 0 Å². The average molecular weight is 269 g/mol. The lowest BCUT2D eigenvalue weighted by atomic mass is 10.2. The molecule has 0 aliphatic heterocycles. The van der Waals surface area contributed by atoms with E-state index in [0.29, 0.717) is 18.1 Å². The Morgan fingerprint density at radius 3 is 2.79 bits per heavy atom. The van der Waals surface area contributed by atoms with E-state index in [1.165, 1.54) is 0 Å². The molecule has 5 heteroatoms. The van der Waals surface area contributed by atoms with Crippen molar-refractivity contribution in [1.82, 2.24) is 5.32 Å². The topological polar surface area (TPSA) is 71.7 Å². The van der Waals surface area contributed by atoms with E-state index in [1.54, 1.807) is 13.0 Å². The van der Waals surface area contributed by atoms with Gasteiger partial charge in [-0.05, 0) is 46.2 Å². The van der Waals surface area contributed by atoms with E-state index < -0.39 is 5.97 Å². The largest absolute Gasteiger partial charge is 0.478 e. The second kappa shape index (κ2) is 7.96. The van der Waals surface area contributed by atoms with Gasteiger partial charge in [-0.15, -0.1) is 0 Å². The molecule has 19 heavy (non-hydrogen) atoms. The highest BCUT2D eigenvalue weighted by molar-refractivity contribution is 5.88. The van der Waals surface area contributed by atoms with E-state index in [1.807, 2.05) is 13.8 Å². The standard InChI is InChI=1S/C14H23NO4/c1-10(2)18-7-5-4-6-15-9-12-8-13(14(16)17)11(3)19-12/h8,10,15H,4-7,9H2,1-3H3,(H,16,17). The summed E-state index contributed by atoms with van der Waals surface area (Å²) >= 11 is 0. The van der Waals surface area contributed by atoms with Crippen LogP contribution in [0.4, 0.5) is 0 Å². The van der Waals surface area contributed by atoms with Crippen molar-refractivity contribution < 1.29 is 19.1 Å². The van der Waals surface area contributed by atoms with Gasteiger partial charge in [0.1, 0.15) is 17.1 Å². The van der Waals surface area contributed by atoms with Gasteiger partial charge >= 0.3 is 5.97 Å². The van der Waals surface area contributed by atoms with Crippen LogP contribution in [0.15, 0.2) is 10.5 Å². The first-order valence-electron chi connectivity index (χ1n) is 6.65. The molecule has 0 amide bonds. The van der Waals surface area contributed by atoms with Crippen molar-refractivity contribution in [3.63, 3.8) is 0 Å². The van der Waals surface area contributed by atoms with Crippen LogP contribution < -0.4 is 5.32 Å². The van der Waals surface area contributed by atoms with E-state index in [-0.39, 0.29) is 11.7 Å². The number of hydrogen-bond acceptors (Lipinski definition) is 4. The fraction of sp³-hybridized carbons (Fsp3) is 0.643. The van der Waals surface area contributed by atoms with Gasteiger partial charge < -0.3 is 19.6 Å². The highest BCUT2D eigenvalue weighted by Gasteiger charge is 2.12. The van der Waals surface area contributed by atoms with Gasteiger partial charge in [0, 0.05) is 6.61 Å². The zero-order chi connectivity index (χ0) is 14.3. The predicted molar refractivity (Wildman–Crippen MR) is 72.4 cm³/mol. The second-order valence-corrected chi connectivity index (χ2v) is 4.79. The molecule has 1 rings (SSSR count). The molecule has 0 saturated carbocycles. The predicted octanol–water partition coefficient (Wildman–Crippen LogP) is 2.58. The first-order chi connectivity index (χ1) is 9.00. The first-order valence-corrected chi connectivity index (χ1v) is 6.65. The molecule has 0 aliphatic rings. The molecule has 0 spiro atoms. The monoisotopic (exact) mass is 269 g/mol. The average Bonchev–Trinajstić information content (AvgIpc) is 2.69. The summed E-state index contributed by atoms with van der Waals surface area (Å²) in [5, 5.41) is 12.1. The van der Waals surface area contributed by atoms with Gasteiger partial charge in [-0.2, -0.15) is 0 Å². The van der Waals surface area contributed by atoms with E-state index in [0.717, 1.165) is 26.0 Å². The fourth-order valence-corrected chi connectivity index (χ4v) is 1.73. The highest BCUT2D eigenvalue weighted by atomic mass is 16.5. The number of carboxylic acids is 1. The minimum Gasteiger partial charge on any atom is -0.478 e. The van der Waals surface area contributed by atoms with Crippen molar-refractivity contribution in [3.05, 3.63) is 23.2 Å². The number of hydrogen-bond donors (Lipinski definition) is 2. The minimum atomic E-state index is -0.946. The van der Waals surface area contributed by atoms with Crippen molar-refractivity contribution >= 4 is 5.97 Å². The minimum absolute atomic E-state index is 0.238. The molecule has 1 aromatic rings. The Bertz CT molecular complexity index is 398. The van der Waals surface area contributed by atoms with Gasteiger partial charge in [-0.25, -0.2) is 4.79 Å². The molecular formula is C14H23NO4. The number of aryl methyl sites for hydroxylation is 1. The van der Waals surface area contributed by atoms with E-state index >= 15 is 0 Å². The number of nitrogens with one attached hydrogen (secondary N) is 1. The maximum Gasteiger partial charge on any atom is 0.339 e. The number of ether oxygens (including phenoxy) is 1. The summed E-state index contributed by atoms with van der Waals surface area (Å²) in [6.45, 7) is 7.91. The van der Waals surface area contributed by atoms with E-state index in [4.69, 9.17) is 14.3 Å². The molecule has 0 saturated heterocycles. The summed E-state index contributed by atoms with van der Waals surface area (Å²) in [4.78, 5) is 10.8. The van der Waals surface area contributed by atoms with E-state index in [9.17, 15) is 4.79 Å². The third-order valence-corrected chi connectivity index (χ3v) is 2.70. The molecule has 1 heterocycles. The molecule has 0 aliphatic carbocycles. The molecule has 1 aromatic heterocycles. The summed E-state index contributed by atoms with van der Waals surface area (Å²) in [5.74, 6) is 0.168. The van der Waals surface area contributed by atoms with Gasteiger partial charge in [0.15, 0.2) is 0 Å². The van der Waals surface area contributed by atoms with Gasteiger partial charge in [-0.3, -0.25) is 0 Å². The summed E-state index contributed by atoms with van der Waals surface area (Å²) < 4.78 is 10.8. The number of carbonyl (C=O) groups is 1. The third kappa shape index (κ3) is 5.89. The Hall–Kier alpha value is -1.33. The smallest absolute Gasteiger partial charge is 0.339 e. The maximum absolute atomic E-state index is 10.8. The number of aromatic carboxylic acids is 1. The second-order valence-electron chi connectivity index (χ2n) is 4.79. The molecule has 2 N–H and O–H groups in total. The van der Waals surface area contributed by atoms with Gasteiger partial charge in [0.25, 0.3) is 0 Å². The molecule has 0 radical (unpaired) electrons. The molecule has 0 aromatic carbocycles. The molecule has 0 bridgehead atoms. The third-order valence-electron chi connectivity index (χ3n) is 2.70. The normalized spacial score (nSPS) is 11.2. The SMILES string of the molecule is Cc1oc(CNCCCCOC(C)C)cc1C(=O)O. The highest BCUT2D eigenvalue weighted by Crippen LogP contribution is 2.14. The summed E-state index contributed by atoms with van der Waals surface area (Å²) in [7, 11) is 0. The Morgan fingerprint density at radius 1 is 1.47 bits per heavy atom. The van der Waals surface area contributed by atoms with Gasteiger partial charge in [0.05, 0.1) is 12.6 Å². The number of carboxylic acid groups (broad SMARTS) is 1. The van der Waals surface area contributed by atoms with Crippen LogP contribution in [-0.4, -0.2) is 30.3 Å². The number of rotatable bonds is 9. The zero-order valence-electron chi connectivity index (χ0n) is 11.9. The Labute approximate surface area is 113 Å². The van der Waals surface area contributed by atoms with Crippen molar-refractivity contribution in [1.29, 1.82) is 0 Å². The van der Waals surface area contributed by atoms with Crippen LogP contribution in [0.1, 0.15) is 48.6 Å². The Morgan fingerprint density at radius 2 is 2.21 bits per heavy atom. The lowest BCUT2D eigenvalue weighted by Crippen LogP contribution is -2.15. The summed E-state index contributed by atoms with van der Waals surface area (Å²) in [5.41, 5.74) is 0.238. The molecule has 108 valence electrons. The first kappa shape index (κ1) is 15.7. The fourth-order valence-electron chi connectivity index (χ4n) is 1.73. The van der Waals surface area contributed by atoms with Crippen LogP contribution in [0.2, 0.25) is 0 Å². The van der Waals surface area contributed by atoms with Crippen LogP contribution in [0, 0.1) is 6.92 Å². The lowest BCUT2D eigenvalue weighted by Gasteiger charge is -2.07. The summed E-state index contributed by atoms with van der Waals surface area (Å²) in [6.07, 6.45) is 2.33. The maximum atomic E-state index is 10.8. The van der Waals surface area contributed by atoms with Crippen molar-refractivity contribution in [2.75, 3.05) is 13.2 Å². The van der Waals surface area contributed by atoms with Crippen LogP contribution in [0.25, 0.3) is 0 Å². The van der Waals surface area contributed by atoms with Crippen molar-refractivity contribution in [2.45, 2.75) is 46.3 Å². The van der Waals surface area contributed by atoms with Gasteiger partial charge in [-0.1, -0.05) is 0 Å². The van der Waals surface area contributed by atoms with Crippen LogP contribution in [-0.2, 0) is 11.3 Å². The molecule has 5 nitrogen and oxygen atoms in total.